The molecule has 0 bridgehead atoms. The molecule has 0 fully saturated rings. The zero-order chi connectivity index (χ0) is 18.1. The highest BCUT2D eigenvalue weighted by Crippen LogP contribution is 2.36. The predicted molar refractivity (Wildman–Crippen MR) is 100 cm³/mol. The second-order valence-electron chi connectivity index (χ2n) is 5.02. The maximum absolute atomic E-state index is 12.1. The van der Waals surface area contributed by atoms with Crippen molar-refractivity contribution in [1.29, 1.82) is 5.26 Å². The van der Waals surface area contributed by atoms with E-state index in [1.165, 1.54) is 0 Å². The number of hydrogen-bond donors (Lipinski definition) is 1. The molecule has 0 saturated heterocycles. The molecule has 0 aliphatic heterocycles. The zero-order valence-corrected chi connectivity index (χ0v) is 15.3. The van der Waals surface area contributed by atoms with Gasteiger partial charge in [-0.3, -0.25) is 4.79 Å². The molecule has 2 aromatic carbocycles. The van der Waals surface area contributed by atoms with Gasteiger partial charge in [0.1, 0.15) is 17.3 Å². The molecule has 25 heavy (non-hydrogen) atoms. The topological polar surface area (TPSA) is 69.5 Å². The molecule has 0 atom stereocenters. The standard InChI is InChI=1S/C17H7Cl4N3O/c18-11-3-1-8(5-13(11)20)15-10(7-22)17(25)24-23-16(15)9-2-4-12(19)14(21)6-9/h1-6H,(H,24,25). The zero-order valence-electron chi connectivity index (χ0n) is 12.3. The van der Waals surface area contributed by atoms with Gasteiger partial charge in [0, 0.05) is 11.1 Å². The van der Waals surface area contributed by atoms with Gasteiger partial charge in [-0.25, -0.2) is 5.10 Å². The normalized spacial score (nSPS) is 10.5. The summed E-state index contributed by atoms with van der Waals surface area (Å²) in [6, 6.07) is 11.6. The van der Waals surface area contributed by atoms with E-state index in [0.29, 0.717) is 42.5 Å². The first-order valence-corrected chi connectivity index (χ1v) is 8.37. The Hall–Kier alpha value is -2.03. The molecule has 1 N–H and O–H groups in total. The summed E-state index contributed by atoms with van der Waals surface area (Å²) in [7, 11) is 0. The Morgan fingerprint density at radius 2 is 1.44 bits per heavy atom. The van der Waals surface area contributed by atoms with Crippen molar-refractivity contribution in [2.45, 2.75) is 0 Å². The maximum atomic E-state index is 12.1. The van der Waals surface area contributed by atoms with Crippen LogP contribution in [0.4, 0.5) is 0 Å². The third-order valence-electron chi connectivity index (χ3n) is 3.50. The highest BCUT2D eigenvalue weighted by molar-refractivity contribution is 6.42. The van der Waals surface area contributed by atoms with Gasteiger partial charge in [-0.05, 0) is 29.8 Å². The van der Waals surface area contributed by atoms with Gasteiger partial charge in [0.15, 0.2) is 0 Å². The van der Waals surface area contributed by atoms with Crippen molar-refractivity contribution < 1.29 is 0 Å². The summed E-state index contributed by atoms with van der Waals surface area (Å²) in [5.74, 6) is 0. The van der Waals surface area contributed by atoms with Crippen molar-refractivity contribution in [2.24, 2.45) is 0 Å². The Bertz CT molecular complexity index is 1090. The molecule has 8 heteroatoms. The molecule has 0 aliphatic rings. The average Bonchev–Trinajstić information content (AvgIpc) is 2.59. The molecule has 1 heterocycles. The maximum Gasteiger partial charge on any atom is 0.282 e. The van der Waals surface area contributed by atoms with E-state index in [1.54, 1.807) is 36.4 Å². The number of hydrogen-bond acceptors (Lipinski definition) is 3. The number of aromatic amines is 1. The molecule has 0 unspecified atom stereocenters. The Morgan fingerprint density at radius 3 is 2.00 bits per heavy atom. The monoisotopic (exact) mass is 409 g/mol. The SMILES string of the molecule is N#Cc1c(-c2ccc(Cl)c(Cl)c2)c(-c2ccc(Cl)c(Cl)c2)n[nH]c1=O. The fraction of sp³-hybridized carbons (Fsp3) is 0. The number of aromatic nitrogens is 2. The Balaban J connectivity index is 2.37. The summed E-state index contributed by atoms with van der Waals surface area (Å²) >= 11 is 24.1. The number of H-pyrrole nitrogens is 1. The van der Waals surface area contributed by atoms with Crippen LogP contribution >= 0.6 is 46.4 Å². The van der Waals surface area contributed by atoms with Crippen LogP contribution in [-0.2, 0) is 0 Å². The summed E-state index contributed by atoms with van der Waals surface area (Å²) < 4.78 is 0. The number of nitriles is 1. The lowest BCUT2D eigenvalue weighted by Crippen LogP contribution is -2.15. The van der Waals surface area contributed by atoms with Gasteiger partial charge < -0.3 is 0 Å². The molecule has 124 valence electrons. The second-order valence-corrected chi connectivity index (χ2v) is 6.65. The van der Waals surface area contributed by atoms with E-state index in [2.05, 4.69) is 10.2 Å². The Labute approximate surface area is 162 Å². The van der Waals surface area contributed by atoms with Gasteiger partial charge in [-0.1, -0.05) is 58.5 Å². The molecule has 0 saturated carbocycles. The van der Waals surface area contributed by atoms with Crippen molar-refractivity contribution in [3.05, 3.63) is 72.4 Å². The van der Waals surface area contributed by atoms with Crippen LogP contribution < -0.4 is 5.56 Å². The van der Waals surface area contributed by atoms with Crippen LogP contribution in [0.15, 0.2) is 41.2 Å². The van der Waals surface area contributed by atoms with Gasteiger partial charge in [0.2, 0.25) is 0 Å². The highest BCUT2D eigenvalue weighted by atomic mass is 35.5. The van der Waals surface area contributed by atoms with Gasteiger partial charge in [0.05, 0.1) is 20.1 Å². The number of rotatable bonds is 2. The lowest BCUT2D eigenvalue weighted by molar-refractivity contribution is 0.990. The fourth-order valence-corrected chi connectivity index (χ4v) is 2.94. The van der Waals surface area contributed by atoms with Crippen LogP contribution in [0.1, 0.15) is 5.56 Å². The lowest BCUT2D eigenvalue weighted by atomic mass is 9.96. The minimum absolute atomic E-state index is 0.0885. The van der Waals surface area contributed by atoms with Crippen LogP contribution in [0.2, 0.25) is 20.1 Å². The van der Waals surface area contributed by atoms with E-state index in [0.717, 1.165) is 0 Å². The number of halogens is 4. The number of benzene rings is 2. The molecule has 0 amide bonds. The van der Waals surface area contributed by atoms with Gasteiger partial charge in [-0.2, -0.15) is 10.4 Å². The van der Waals surface area contributed by atoms with E-state index < -0.39 is 5.56 Å². The number of nitrogens with zero attached hydrogens (tertiary/aromatic N) is 2. The second kappa shape index (κ2) is 7.07. The van der Waals surface area contributed by atoms with Gasteiger partial charge >= 0.3 is 0 Å². The van der Waals surface area contributed by atoms with E-state index in [1.807, 2.05) is 6.07 Å². The third-order valence-corrected chi connectivity index (χ3v) is 4.97. The Morgan fingerprint density at radius 1 is 0.880 bits per heavy atom. The number of nitrogens with one attached hydrogen (secondary N) is 1. The molecule has 3 rings (SSSR count). The Kier molecular flexibility index (Phi) is 5.03. The van der Waals surface area contributed by atoms with E-state index in [4.69, 9.17) is 46.4 Å². The van der Waals surface area contributed by atoms with Crippen molar-refractivity contribution in [2.75, 3.05) is 0 Å². The molecular weight excluding hydrogens is 404 g/mol. The smallest absolute Gasteiger partial charge is 0.266 e. The minimum atomic E-state index is -0.604. The molecule has 3 aromatic rings. The largest absolute Gasteiger partial charge is 0.282 e. The third kappa shape index (κ3) is 3.37. The van der Waals surface area contributed by atoms with Crippen molar-refractivity contribution in [3.8, 4) is 28.5 Å². The summed E-state index contributed by atoms with van der Waals surface area (Å²) in [5.41, 5.74) is 1.13. The van der Waals surface area contributed by atoms with Crippen LogP contribution in [0.25, 0.3) is 22.4 Å². The molecule has 4 nitrogen and oxygen atoms in total. The van der Waals surface area contributed by atoms with Crippen molar-refractivity contribution >= 4 is 46.4 Å². The first kappa shape index (κ1) is 17.8. The molecule has 1 aromatic heterocycles. The molecule has 0 radical (unpaired) electrons. The minimum Gasteiger partial charge on any atom is -0.266 e. The first-order valence-electron chi connectivity index (χ1n) is 6.86. The molecular formula is C17H7Cl4N3O. The first-order chi connectivity index (χ1) is 11.9. The van der Waals surface area contributed by atoms with Crippen molar-refractivity contribution in [1.82, 2.24) is 10.2 Å². The van der Waals surface area contributed by atoms with Crippen LogP contribution in [-0.4, -0.2) is 10.2 Å². The van der Waals surface area contributed by atoms with E-state index in [9.17, 15) is 10.1 Å². The van der Waals surface area contributed by atoms with Crippen molar-refractivity contribution in [3.63, 3.8) is 0 Å². The summed E-state index contributed by atoms with van der Waals surface area (Å²) in [6.45, 7) is 0. The average molecular weight is 411 g/mol. The molecule has 0 spiro atoms. The van der Waals surface area contributed by atoms with Crippen LogP contribution in [0.5, 0.6) is 0 Å². The highest BCUT2D eigenvalue weighted by Gasteiger charge is 2.19. The lowest BCUT2D eigenvalue weighted by Gasteiger charge is -2.11. The summed E-state index contributed by atoms with van der Waals surface area (Å²) in [5, 5.41) is 17.2. The predicted octanol–water partition coefficient (Wildman–Crippen LogP) is 5.59. The summed E-state index contributed by atoms with van der Waals surface area (Å²) in [6.07, 6.45) is 0. The van der Waals surface area contributed by atoms with Gasteiger partial charge in [-0.15, -0.1) is 0 Å². The van der Waals surface area contributed by atoms with Gasteiger partial charge in [0.25, 0.3) is 5.56 Å². The quantitative estimate of drug-likeness (QED) is 0.598. The van der Waals surface area contributed by atoms with Crippen LogP contribution in [0, 0.1) is 11.3 Å². The summed E-state index contributed by atoms with van der Waals surface area (Å²) in [4.78, 5) is 12.1. The van der Waals surface area contributed by atoms with E-state index >= 15 is 0 Å². The molecule has 0 aliphatic carbocycles. The van der Waals surface area contributed by atoms with E-state index in [-0.39, 0.29) is 5.56 Å². The van der Waals surface area contributed by atoms with Crippen LogP contribution in [0.3, 0.4) is 0 Å². The fourth-order valence-electron chi connectivity index (χ4n) is 2.34.